The summed E-state index contributed by atoms with van der Waals surface area (Å²) in [4.78, 5) is 20.9. The molecule has 15 heavy (non-hydrogen) atoms. The van der Waals surface area contributed by atoms with Crippen molar-refractivity contribution in [3.8, 4) is 0 Å². The van der Waals surface area contributed by atoms with Crippen molar-refractivity contribution < 1.29 is 9.59 Å². The molecule has 1 rings (SSSR count). The number of carbonyl (C=O) groups is 2. The molecule has 0 unspecified atom stereocenters. The number of hydrogen-bond acceptors (Lipinski definition) is 3. The molecule has 0 spiro atoms. The molecule has 0 heterocycles. The van der Waals surface area contributed by atoms with Crippen LogP contribution >= 0.6 is 0 Å². The minimum Gasteiger partial charge on any atom is -0.326 e. The average Bonchev–Trinajstić information content (AvgIpc) is 2.18. The Morgan fingerprint density at radius 2 is 2.13 bits per heavy atom. The summed E-state index contributed by atoms with van der Waals surface area (Å²) in [7, 11) is 0. The fourth-order valence-electron chi connectivity index (χ4n) is 1.18. The molecule has 0 bridgehead atoms. The minimum absolute atomic E-state index is 0.107. The number of benzene rings is 1. The molecule has 1 aromatic carbocycles. The van der Waals surface area contributed by atoms with Crippen LogP contribution < -0.4 is 16.2 Å². The second-order valence-corrected chi connectivity index (χ2v) is 3.10. The second-order valence-electron chi connectivity index (χ2n) is 3.10. The molecule has 80 valence electrons. The van der Waals surface area contributed by atoms with Gasteiger partial charge in [-0.2, -0.15) is 0 Å². The number of hydrogen-bond donors (Lipinski definition) is 3. The number of amides is 2. The summed E-state index contributed by atoms with van der Waals surface area (Å²) >= 11 is 0. The van der Waals surface area contributed by atoms with E-state index in [0.29, 0.717) is 6.41 Å². The largest absolute Gasteiger partial charge is 0.326 e. The van der Waals surface area contributed by atoms with Gasteiger partial charge in [-0.05, 0) is 30.7 Å². The Morgan fingerprint density at radius 3 is 2.67 bits per heavy atom. The Kier molecular flexibility index (Phi) is 3.68. The van der Waals surface area contributed by atoms with Gasteiger partial charge in [-0.15, -0.1) is 0 Å². The average molecular weight is 207 g/mol. The van der Waals surface area contributed by atoms with Crippen LogP contribution in [0.25, 0.3) is 0 Å². The van der Waals surface area contributed by atoms with E-state index in [-0.39, 0.29) is 5.91 Å². The maximum absolute atomic E-state index is 10.8. The van der Waals surface area contributed by atoms with Crippen LogP contribution in [0, 0.1) is 6.92 Å². The van der Waals surface area contributed by atoms with E-state index in [1.54, 1.807) is 12.1 Å². The normalized spacial score (nSPS) is 9.20. The summed E-state index contributed by atoms with van der Waals surface area (Å²) in [6.07, 6.45) is 0.553. The molecular weight excluding hydrogens is 194 g/mol. The van der Waals surface area contributed by atoms with Crippen LogP contribution in [0.4, 0.5) is 11.4 Å². The van der Waals surface area contributed by atoms with Crippen molar-refractivity contribution >= 4 is 23.7 Å². The summed E-state index contributed by atoms with van der Waals surface area (Å²) < 4.78 is 0. The van der Waals surface area contributed by atoms with Crippen LogP contribution in [0.3, 0.4) is 0 Å². The van der Waals surface area contributed by atoms with Crippen molar-refractivity contribution in [1.29, 1.82) is 0 Å². The zero-order valence-electron chi connectivity index (χ0n) is 8.63. The molecule has 0 radical (unpaired) electrons. The first-order valence-electron chi connectivity index (χ1n) is 4.47. The molecule has 5 heteroatoms. The zero-order chi connectivity index (χ0) is 11.3. The van der Waals surface area contributed by atoms with Crippen LogP contribution in [0.15, 0.2) is 18.2 Å². The Labute approximate surface area is 87.8 Å². The van der Waals surface area contributed by atoms with Gasteiger partial charge in [-0.3, -0.25) is 20.4 Å². The maximum atomic E-state index is 10.8. The third-order valence-electron chi connectivity index (χ3n) is 1.81. The van der Waals surface area contributed by atoms with Gasteiger partial charge in [0.2, 0.25) is 12.3 Å². The van der Waals surface area contributed by atoms with Crippen molar-refractivity contribution in [2.75, 3.05) is 10.7 Å². The lowest BCUT2D eigenvalue weighted by atomic mass is 10.2. The van der Waals surface area contributed by atoms with E-state index in [1.807, 2.05) is 13.0 Å². The first kappa shape index (κ1) is 11.0. The lowest BCUT2D eigenvalue weighted by molar-refractivity contribution is -0.114. The summed E-state index contributed by atoms with van der Waals surface area (Å²) in [6.45, 7) is 3.33. The summed E-state index contributed by atoms with van der Waals surface area (Å²) in [5.74, 6) is -0.107. The number of hydrazine groups is 1. The highest BCUT2D eigenvalue weighted by atomic mass is 16.1. The number of rotatable bonds is 4. The summed E-state index contributed by atoms with van der Waals surface area (Å²) in [5, 5.41) is 2.70. The van der Waals surface area contributed by atoms with Gasteiger partial charge in [0.15, 0.2) is 0 Å². The van der Waals surface area contributed by atoms with E-state index >= 15 is 0 Å². The van der Waals surface area contributed by atoms with Crippen LogP contribution in [0.5, 0.6) is 0 Å². The van der Waals surface area contributed by atoms with Gasteiger partial charge >= 0.3 is 0 Å². The number of carbonyl (C=O) groups excluding carboxylic acids is 2. The van der Waals surface area contributed by atoms with E-state index in [1.165, 1.54) is 6.92 Å². The lowest BCUT2D eigenvalue weighted by Crippen LogP contribution is -2.19. The molecule has 0 aliphatic heterocycles. The smallest absolute Gasteiger partial charge is 0.225 e. The topological polar surface area (TPSA) is 70.2 Å². The standard InChI is InChI=1S/C10H13N3O2/c1-7-5-9(13-11-6-14)3-4-10(7)12-8(2)15/h3-6,13H,1-2H3,(H,11,14)(H,12,15). The fraction of sp³-hybridized carbons (Fsp3) is 0.200. The van der Waals surface area contributed by atoms with Crippen molar-refractivity contribution in [2.24, 2.45) is 0 Å². The predicted octanol–water partition coefficient (Wildman–Crippen LogP) is 1.03. The third-order valence-corrected chi connectivity index (χ3v) is 1.81. The van der Waals surface area contributed by atoms with E-state index in [0.717, 1.165) is 16.9 Å². The van der Waals surface area contributed by atoms with Crippen LogP contribution in [0.1, 0.15) is 12.5 Å². The molecule has 3 N–H and O–H groups in total. The third kappa shape index (κ3) is 3.30. The van der Waals surface area contributed by atoms with Gasteiger partial charge in [-0.1, -0.05) is 0 Å². The molecular formula is C10H13N3O2. The van der Waals surface area contributed by atoms with Crippen molar-refractivity contribution in [3.63, 3.8) is 0 Å². The number of anilines is 2. The van der Waals surface area contributed by atoms with E-state index in [4.69, 9.17) is 0 Å². The van der Waals surface area contributed by atoms with Crippen molar-refractivity contribution in [2.45, 2.75) is 13.8 Å². The molecule has 0 saturated heterocycles. The van der Waals surface area contributed by atoms with Crippen LogP contribution in [-0.4, -0.2) is 12.3 Å². The van der Waals surface area contributed by atoms with Crippen LogP contribution in [0.2, 0.25) is 0 Å². The molecule has 0 saturated carbocycles. The maximum Gasteiger partial charge on any atom is 0.225 e. The number of aryl methyl sites for hydroxylation is 1. The van der Waals surface area contributed by atoms with E-state index in [9.17, 15) is 9.59 Å². The van der Waals surface area contributed by atoms with Gasteiger partial charge in [0.1, 0.15) is 0 Å². The SMILES string of the molecule is CC(=O)Nc1ccc(NNC=O)cc1C. The van der Waals surface area contributed by atoms with E-state index in [2.05, 4.69) is 16.2 Å². The highest BCUT2D eigenvalue weighted by Gasteiger charge is 2.00. The molecule has 0 aliphatic rings. The van der Waals surface area contributed by atoms with Gasteiger partial charge in [0.25, 0.3) is 0 Å². The van der Waals surface area contributed by atoms with E-state index < -0.39 is 0 Å². The second kappa shape index (κ2) is 4.99. The first-order valence-corrected chi connectivity index (χ1v) is 4.47. The molecule has 0 fully saturated rings. The van der Waals surface area contributed by atoms with Gasteiger partial charge in [0, 0.05) is 12.6 Å². The molecule has 1 aromatic rings. The summed E-state index contributed by atoms with van der Waals surface area (Å²) in [5.41, 5.74) is 7.46. The van der Waals surface area contributed by atoms with Crippen LogP contribution in [-0.2, 0) is 9.59 Å². The van der Waals surface area contributed by atoms with Gasteiger partial charge in [-0.25, -0.2) is 0 Å². The molecule has 0 atom stereocenters. The minimum atomic E-state index is -0.107. The molecule has 0 aromatic heterocycles. The molecule has 2 amide bonds. The predicted molar refractivity (Wildman–Crippen MR) is 58.3 cm³/mol. The Bertz CT molecular complexity index is 377. The summed E-state index contributed by atoms with van der Waals surface area (Å²) in [6, 6.07) is 5.35. The zero-order valence-corrected chi connectivity index (χ0v) is 8.63. The van der Waals surface area contributed by atoms with Crippen molar-refractivity contribution in [1.82, 2.24) is 5.43 Å². The quantitative estimate of drug-likeness (QED) is 0.510. The Hall–Kier alpha value is -2.04. The first-order chi connectivity index (χ1) is 7.13. The monoisotopic (exact) mass is 207 g/mol. The van der Waals surface area contributed by atoms with Gasteiger partial charge in [0.05, 0.1) is 5.69 Å². The highest BCUT2D eigenvalue weighted by Crippen LogP contribution is 2.18. The Morgan fingerprint density at radius 1 is 1.40 bits per heavy atom. The van der Waals surface area contributed by atoms with Gasteiger partial charge < -0.3 is 5.32 Å². The molecule has 0 aliphatic carbocycles. The molecule has 5 nitrogen and oxygen atoms in total. The fourth-order valence-corrected chi connectivity index (χ4v) is 1.18. The lowest BCUT2D eigenvalue weighted by Gasteiger charge is -2.09. The Balaban J connectivity index is 2.78. The number of nitrogens with one attached hydrogen (secondary N) is 3. The highest BCUT2D eigenvalue weighted by molar-refractivity contribution is 5.89. The van der Waals surface area contributed by atoms with Crippen molar-refractivity contribution in [3.05, 3.63) is 23.8 Å².